The molecule has 0 aromatic heterocycles. The molecule has 110 valence electrons. The second kappa shape index (κ2) is 5.19. The highest BCUT2D eigenvalue weighted by Gasteiger charge is 2.29. The first-order valence-electron chi connectivity index (χ1n) is 5.28. The molecule has 0 aliphatic carbocycles. The van der Waals surface area contributed by atoms with Gasteiger partial charge in [0.2, 0.25) is 10.0 Å². The van der Waals surface area contributed by atoms with Crippen LogP contribution in [0.5, 0.6) is 0 Å². The van der Waals surface area contributed by atoms with E-state index in [4.69, 9.17) is 28.9 Å². The fraction of sp³-hybridized carbons (Fsp3) is 0.200. The highest BCUT2D eigenvalue weighted by Crippen LogP contribution is 2.31. The van der Waals surface area contributed by atoms with Crippen LogP contribution in [0.15, 0.2) is 28.5 Å². The Morgan fingerprint density at radius 1 is 1.30 bits per heavy atom. The van der Waals surface area contributed by atoms with Crippen LogP contribution in [0.4, 0.5) is 5.69 Å². The zero-order valence-electron chi connectivity index (χ0n) is 9.88. The average molecular weight is 357 g/mol. The van der Waals surface area contributed by atoms with E-state index < -0.39 is 25.9 Å². The average Bonchev–Trinajstić information content (AvgIpc) is 2.54. The monoisotopic (exact) mass is 356 g/mol. The molecule has 1 aromatic rings. The minimum atomic E-state index is -4.05. The van der Waals surface area contributed by atoms with Crippen molar-refractivity contribution in [1.29, 1.82) is 0 Å². The summed E-state index contributed by atoms with van der Waals surface area (Å²) in [5.74, 6) is -0.336. The van der Waals surface area contributed by atoms with Crippen LogP contribution in [-0.2, 0) is 19.9 Å². The van der Waals surface area contributed by atoms with Crippen LogP contribution >= 0.6 is 23.2 Å². The minimum absolute atomic E-state index is 0.111. The number of nitrogen functional groups attached to an aromatic ring is 1. The molecule has 0 saturated heterocycles. The molecule has 6 nitrogen and oxygen atoms in total. The van der Waals surface area contributed by atoms with Crippen molar-refractivity contribution < 1.29 is 16.8 Å². The lowest BCUT2D eigenvalue weighted by molar-refractivity contribution is 0.575. The van der Waals surface area contributed by atoms with Gasteiger partial charge in [-0.25, -0.2) is 21.6 Å². The summed E-state index contributed by atoms with van der Waals surface area (Å²) in [7, 11) is -7.42. The number of sulfonamides is 1. The van der Waals surface area contributed by atoms with Gasteiger partial charge in [0.15, 0.2) is 9.84 Å². The minimum Gasteiger partial charge on any atom is -0.398 e. The molecule has 1 heterocycles. The first kappa shape index (κ1) is 15.6. The van der Waals surface area contributed by atoms with Crippen molar-refractivity contribution in [3.63, 3.8) is 0 Å². The van der Waals surface area contributed by atoms with Gasteiger partial charge in [-0.05, 0) is 12.1 Å². The Balaban J connectivity index is 2.36. The van der Waals surface area contributed by atoms with E-state index >= 15 is 0 Å². The van der Waals surface area contributed by atoms with Crippen molar-refractivity contribution in [3.8, 4) is 0 Å². The molecule has 20 heavy (non-hydrogen) atoms. The summed E-state index contributed by atoms with van der Waals surface area (Å²) in [6.45, 7) is 0. The standard InChI is InChI=1S/C10H10Cl2N2O4S2/c11-6-3-8(12)10(9(13)4-6)20(17,18)14-7-1-2-19(15,16)5-7/h1-4,7,14H,5,13H2. The molecule has 1 aliphatic rings. The highest BCUT2D eigenvalue weighted by atomic mass is 35.5. The molecule has 0 saturated carbocycles. The number of halogens is 2. The van der Waals surface area contributed by atoms with E-state index in [1.807, 2.05) is 0 Å². The van der Waals surface area contributed by atoms with Gasteiger partial charge in [-0.1, -0.05) is 29.3 Å². The molecule has 10 heteroatoms. The molecular formula is C10H10Cl2N2O4S2. The highest BCUT2D eigenvalue weighted by molar-refractivity contribution is 7.94. The van der Waals surface area contributed by atoms with Gasteiger partial charge < -0.3 is 5.73 Å². The first-order valence-corrected chi connectivity index (χ1v) is 9.24. The molecule has 2 rings (SSSR count). The SMILES string of the molecule is Nc1cc(Cl)cc(Cl)c1S(=O)(=O)NC1C=CS(=O)(=O)C1. The zero-order chi connectivity index (χ0) is 15.1. The van der Waals surface area contributed by atoms with E-state index in [1.165, 1.54) is 18.2 Å². The Kier molecular flexibility index (Phi) is 4.05. The third kappa shape index (κ3) is 3.26. The summed E-state index contributed by atoms with van der Waals surface area (Å²) >= 11 is 11.6. The van der Waals surface area contributed by atoms with E-state index in [0.717, 1.165) is 5.41 Å². The fourth-order valence-corrected chi connectivity index (χ4v) is 5.29. The first-order chi connectivity index (χ1) is 9.11. The number of anilines is 1. The van der Waals surface area contributed by atoms with E-state index in [0.29, 0.717) is 0 Å². The van der Waals surface area contributed by atoms with Gasteiger partial charge in [-0.2, -0.15) is 0 Å². The summed E-state index contributed by atoms with van der Waals surface area (Å²) < 4.78 is 49.1. The number of nitrogens with one attached hydrogen (secondary N) is 1. The van der Waals surface area contributed by atoms with Crippen LogP contribution in [-0.4, -0.2) is 28.6 Å². The second-order valence-corrected chi connectivity index (χ2v) is 8.62. The molecule has 1 atom stereocenters. The molecule has 1 unspecified atom stereocenters. The van der Waals surface area contributed by atoms with Gasteiger partial charge in [-0.3, -0.25) is 0 Å². The predicted molar refractivity (Wildman–Crippen MR) is 77.9 cm³/mol. The molecule has 0 fully saturated rings. The summed E-state index contributed by atoms with van der Waals surface area (Å²) in [6, 6.07) is 1.65. The Hall–Kier alpha value is -0.800. The van der Waals surface area contributed by atoms with Crippen molar-refractivity contribution in [2.75, 3.05) is 11.5 Å². The lowest BCUT2D eigenvalue weighted by Crippen LogP contribution is -2.36. The van der Waals surface area contributed by atoms with Crippen LogP contribution in [0.2, 0.25) is 10.0 Å². The molecule has 0 spiro atoms. The topological polar surface area (TPSA) is 106 Å². The number of nitrogens with two attached hydrogens (primary N) is 1. The van der Waals surface area contributed by atoms with Crippen LogP contribution in [0.1, 0.15) is 0 Å². The van der Waals surface area contributed by atoms with Crippen molar-refractivity contribution in [2.45, 2.75) is 10.9 Å². The third-order valence-electron chi connectivity index (χ3n) is 2.54. The number of rotatable bonds is 3. The Morgan fingerprint density at radius 2 is 1.95 bits per heavy atom. The van der Waals surface area contributed by atoms with Crippen molar-refractivity contribution in [1.82, 2.24) is 4.72 Å². The number of sulfone groups is 1. The Labute approximate surface area is 126 Å². The van der Waals surface area contributed by atoms with Gasteiger partial charge >= 0.3 is 0 Å². The lowest BCUT2D eigenvalue weighted by Gasteiger charge is -2.14. The number of hydrogen-bond acceptors (Lipinski definition) is 5. The van der Waals surface area contributed by atoms with Crippen molar-refractivity contribution >= 4 is 48.7 Å². The van der Waals surface area contributed by atoms with Gasteiger partial charge in [0.05, 0.1) is 22.5 Å². The number of hydrogen-bond donors (Lipinski definition) is 2. The maximum absolute atomic E-state index is 12.2. The molecule has 1 aromatic carbocycles. The van der Waals surface area contributed by atoms with E-state index in [1.54, 1.807) is 0 Å². The maximum Gasteiger partial charge on any atom is 0.244 e. The Morgan fingerprint density at radius 3 is 2.45 bits per heavy atom. The van der Waals surface area contributed by atoms with Crippen LogP contribution < -0.4 is 10.5 Å². The molecule has 0 radical (unpaired) electrons. The van der Waals surface area contributed by atoms with E-state index in [9.17, 15) is 16.8 Å². The molecular weight excluding hydrogens is 347 g/mol. The third-order valence-corrected chi connectivity index (χ3v) is 6.17. The fourth-order valence-electron chi connectivity index (χ4n) is 1.77. The van der Waals surface area contributed by atoms with Crippen molar-refractivity contribution in [2.24, 2.45) is 0 Å². The van der Waals surface area contributed by atoms with Crippen LogP contribution in [0.25, 0.3) is 0 Å². The van der Waals surface area contributed by atoms with Gasteiger partial charge in [-0.15, -0.1) is 0 Å². The molecule has 0 amide bonds. The second-order valence-electron chi connectivity index (χ2n) is 4.19. The normalized spacial score (nSPS) is 21.2. The van der Waals surface area contributed by atoms with Crippen molar-refractivity contribution in [3.05, 3.63) is 33.7 Å². The smallest absolute Gasteiger partial charge is 0.244 e. The summed E-state index contributed by atoms with van der Waals surface area (Å²) in [5, 5.41) is 1.04. The summed E-state index contributed by atoms with van der Waals surface area (Å²) in [6.07, 6.45) is 1.26. The lowest BCUT2D eigenvalue weighted by atomic mass is 10.3. The largest absolute Gasteiger partial charge is 0.398 e. The zero-order valence-corrected chi connectivity index (χ0v) is 13.0. The Bertz CT molecular complexity index is 764. The van der Waals surface area contributed by atoms with Gasteiger partial charge in [0.1, 0.15) is 4.90 Å². The quantitative estimate of drug-likeness (QED) is 0.790. The molecule has 3 N–H and O–H groups in total. The summed E-state index contributed by atoms with van der Waals surface area (Å²) in [5.41, 5.74) is 5.50. The molecule has 1 aliphatic heterocycles. The van der Waals surface area contributed by atoms with Crippen LogP contribution in [0, 0.1) is 0 Å². The van der Waals surface area contributed by atoms with Gasteiger partial charge in [0.25, 0.3) is 0 Å². The number of benzene rings is 1. The summed E-state index contributed by atoms with van der Waals surface area (Å²) in [4.78, 5) is -0.318. The van der Waals surface area contributed by atoms with E-state index in [-0.39, 0.29) is 26.4 Å². The van der Waals surface area contributed by atoms with E-state index in [2.05, 4.69) is 4.72 Å². The predicted octanol–water partition coefficient (Wildman–Crippen LogP) is 1.16. The van der Waals surface area contributed by atoms with Gasteiger partial charge in [0, 0.05) is 10.4 Å². The molecule has 0 bridgehead atoms. The van der Waals surface area contributed by atoms with Crippen LogP contribution in [0.3, 0.4) is 0 Å². The maximum atomic E-state index is 12.2.